The summed E-state index contributed by atoms with van der Waals surface area (Å²) in [5.74, 6) is -0.565. The summed E-state index contributed by atoms with van der Waals surface area (Å²) < 4.78 is 5.00. The van der Waals surface area contributed by atoms with Crippen LogP contribution in [0.5, 0.6) is 0 Å². The van der Waals surface area contributed by atoms with Gasteiger partial charge in [-0.1, -0.05) is 30.3 Å². The molecule has 120 valence electrons. The molecule has 4 nitrogen and oxygen atoms in total. The van der Waals surface area contributed by atoms with E-state index in [2.05, 4.69) is 5.32 Å². The van der Waals surface area contributed by atoms with Gasteiger partial charge in [0.2, 0.25) is 0 Å². The number of benzene rings is 2. The lowest BCUT2D eigenvalue weighted by Crippen LogP contribution is -2.21. The normalized spacial score (nSPS) is 10.2. The number of esters is 1. The van der Waals surface area contributed by atoms with Gasteiger partial charge < -0.3 is 10.1 Å². The van der Waals surface area contributed by atoms with Gasteiger partial charge in [-0.3, -0.25) is 9.59 Å². The van der Waals surface area contributed by atoms with E-state index in [1.807, 2.05) is 56.3 Å². The van der Waals surface area contributed by atoms with Crippen molar-refractivity contribution < 1.29 is 14.3 Å². The summed E-state index contributed by atoms with van der Waals surface area (Å²) in [5.41, 5.74) is 2.86. The van der Waals surface area contributed by atoms with E-state index in [4.69, 9.17) is 4.74 Å². The third-order valence-electron chi connectivity index (χ3n) is 3.11. The molecule has 0 aliphatic heterocycles. The van der Waals surface area contributed by atoms with Gasteiger partial charge in [-0.05, 0) is 43.2 Å². The average molecular weight is 329 g/mol. The molecule has 5 heteroatoms. The van der Waals surface area contributed by atoms with Crippen molar-refractivity contribution in [1.29, 1.82) is 0 Å². The second-order valence-electron chi connectivity index (χ2n) is 5.13. The first kappa shape index (κ1) is 17.1. The molecule has 2 aromatic rings. The van der Waals surface area contributed by atoms with Gasteiger partial charge in [0.25, 0.3) is 5.91 Å². The molecule has 1 amide bonds. The van der Waals surface area contributed by atoms with E-state index >= 15 is 0 Å². The number of nitrogens with one attached hydrogen (secondary N) is 1. The predicted octanol–water partition coefficient (Wildman–Crippen LogP) is 3.58. The highest BCUT2D eigenvalue weighted by atomic mass is 32.2. The molecule has 0 bridgehead atoms. The van der Waals surface area contributed by atoms with E-state index in [0.717, 1.165) is 16.0 Å². The second kappa shape index (κ2) is 8.39. The number of rotatable bonds is 6. The molecule has 0 saturated heterocycles. The third kappa shape index (κ3) is 5.79. The van der Waals surface area contributed by atoms with E-state index in [9.17, 15) is 9.59 Å². The summed E-state index contributed by atoms with van der Waals surface area (Å²) in [6.45, 7) is 3.66. The van der Waals surface area contributed by atoms with E-state index < -0.39 is 5.97 Å². The molecule has 0 spiro atoms. The van der Waals surface area contributed by atoms with Crippen molar-refractivity contribution in [2.75, 3.05) is 17.7 Å². The minimum Gasteiger partial charge on any atom is -0.455 e. The Bertz CT molecular complexity index is 700. The van der Waals surface area contributed by atoms with E-state index in [-0.39, 0.29) is 18.3 Å². The topological polar surface area (TPSA) is 55.4 Å². The Labute approximate surface area is 140 Å². The Morgan fingerprint density at radius 2 is 1.87 bits per heavy atom. The van der Waals surface area contributed by atoms with Crippen LogP contribution in [0.25, 0.3) is 0 Å². The van der Waals surface area contributed by atoms with Crippen molar-refractivity contribution in [2.24, 2.45) is 0 Å². The van der Waals surface area contributed by atoms with Crippen LogP contribution in [-0.4, -0.2) is 24.2 Å². The Morgan fingerprint density at radius 1 is 1.09 bits per heavy atom. The maximum atomic E-state index is 11.8. The summed E-state index contributed by atoms with van der Waals surface area (Å²) in [6.07, 6.45) is 0. The fourth-order valence-corrected chi connectivity index (χ4v) is 2.79. The molecule has 0 saturated carbocycles. The number of carbonyl (C=O) groups excluding carboxylic acids is 2. The van der Waals surface area contributed by atoms with Gasteiger partial charge in [-0.2, -0.15) is 0 Å². The van der Waals surface area contributed by atoms with Crippen LogP contribution in [0.2, 0.25) is 0 Å². The quantitative estimate of drug-likeness (QED) is 0.650. The van der Waals surface area contributed by atoms with Crippen LogP contribution in [0, 0.1) is 13.8 Å². The monoisotopic (exact) mass is 329 g/mol. The molecule has 1 N–H and O–H groups in total. The van der Waals surface area contributed by atoms with Crippen LogP contribution in [0.4, 0.5) is 5.69 Å². The molecule has 0 fully saturated rings. The Hall–Kier alpha value is -2.27. The van der Waals surface area contributed by atoms with Gasteiger partial charge >= 0.3 is 5.97 Å². The Kier molecular flexibility index (Phi) is 6.23. The Balaban J connectivity index is 1.74. The fraction of sp³-hybridized carbons (Fsp3) is 0.222. The minimum atomic E-state index is -0.405. The first-order valence-electron chi connectivity index (χ1n) is 7.25. The zero-order valence-corrected chi connectivity index (χ0v) is 14.0. The molecule has 0 heterocycles. The predicted molar refractivity (Wildman–Crippen MR) is 92.7 cm³/mol. The van der Waals surface area contributed by atoms with Crippen molar-refractivity contribution in [2.45, 2.75) is 18.7 Å². The smallest absolute Gasteiger partial charge is 0.316 e. The zero-order chi connectivity index (χ0) is 16.7. The highest BCUT2D eigenvalue weighted by Crippen LogP contribution is 2.21. The Morgan fingerprint density at radius 3 is 2.61 bits per heavy atom. The third-order valence-corrected chi connectivity index (χ3v) is 4.25. The van der Waals surface area contributed by atoms with Gasteiger partial charge in [0.15, 0.2) is 6.61 Å². The van der Waals surface area contributed by atoms with Crippen LogP contribution in [0.15, 0.2) is 53.4 Å². The SMILES string of the molecule is Cc1cccc(NC(=O)COC(=O)CSc2ccccc2C)c1. The van der Waals surface area contributed by atoms with E-state index in [0.29, 0.717) is 5.69 Å². The number of carbonyl (C=O) groups is 2. The standard InChI is InChI=1S/C18H19NO3S/c1-13-6-5-8-15(10-13)19-17(20)11-22-18(21)12-23-16-9-4-3-7-14(16)2/h3-10H,11-12H2,1-2H3,(H,19,20). The molecule has 2 aromatic carbocycles. The highest BCUT2D eigenvalue weighted by molar-refractivity contribution is 8.00. The molecule has 0 aliphatic rings. The summed E-state index contributed by atoms with van der Waals surface area (Å²) >= 11 is 1.41. The summed E-state index contributed by atoms with van der Waals surface area (Å²) in [6, 6.07) is 15.3. The largest absolute Gasteiger partial charge is 0.455 e. The van der Waals surface area contributed by atoms with E-state index in [1.165, 1.54) is 11.8 Å². The van der Waals surface area contributed by atoms with Crippen LogP contribution < -0.4 is 5.32 Å². The molecule has 0 radical (unpaired) electrons. The first-order chi connectivity index (χ1) is 11.0. The lowest BCUT2D eigenvalue weighted by molar-refractivity contribution is -0.144. The van der Waals surface area contributed by atoms with Crippen LogP contribution in [0.1, 0.15) is 11.1 Å². The van der Waals surface area contributed by atoms with Crippen molar-refractivity contribution in [3.63, 3.8) is 0 Å². The van der Waals surface area contributed by atoms with Crippen molar-refractivity contribution >= 4 is 29.3 Å². The van der Waals surface area contributed by atoms with E-state index in [1.54, 1.807) is 6.07 Å². The molecule has 23 heavy (non-hydrogen) atoms. The molecule has 0 atom stereocenters. The lowest BCUT2D eigenvalue weighted by atomic mass is 10.2. The summed E-state index contributed by atoms with van der Waals surface area (Å²) in [5, 5.41) is 2.70. The second-order valence-corrected chi connectivity index (χ2v) is 6.15. The number of anilines is 1. The number of amides is 1. The lowest BCUT2D eigenvalue weighted by Gasteiger charge is -2.08. The van der Waals surface area contributed by atoms with Gasteiger partial charge in [-0.15, -0.1) is 11.8 Å². The number of thioether (sulfide) groups is 1. The maximum Gasteiger partial charge on any atom is 0.316 e. The summed E-state index contributed by atoms with van der Waals surface area (Å²) in [4.78, 5) is 24.5. The van der Waals surface area contributed by atoms with Crippen molar-refractivity contribution in [3.05, 3.63) is 59.7 Å². The molecule has 0 unspecified atom stereocenters. The number of ether oxygens (including phenoxy) is 1. The number of aryl methyl sites for hydroxylation is 2. The molecule has 2 rings (SSSR count). The highest BCUT2D eigenvalue weighted by Gasteiger charge is 2.09. The van der Waals surface area contributed by atoms with Crippen LogP contribution in [0.3, 0.4) is 0 Å². The van der Waals surface area contributed by atoms with Crippen molar-refractivity contribution in [1.82, 2.24) is 0 Å². The molecule has 0 aromatic heterocycles. The fourth-order valence-electron chi connectivity index (χ4n) is 1.96. The maximum absolute atomic E-state index is 11.8. The van der Waals surface area contributed by atoms with Crippen LogP contribution in [-0.2, 0) is 14.3 Å². The number of hydrogen-bond donors (Lipinski definition) is 1. The van der Waals surface area contributed by atoms with Crippen LogP contribution >= 0.6 is 11.8 Å². The molecular weight excluding hydrogens is 310 g/mol. The van der Waals surface area contributed by atoms with Gasteiger partial charge in [0, 0.05) is 10.6 Å². The summed E-state index contributed by atoms with van der Waals surface area (Å²) in [7, 11) is 0. The van der Waals surface area contributed by atoms with Gasteiger partial charge in [-0.25, -0.2) is 0 Å². The first-order valence-corrected chi connectivity index (χ1v) is 8.24. The minimum absolute atomic E-state index is 0.183. The van der Waals surface area contributed by atoms with Gasteiger partial charge in [0.05, 0.1) is 5.75 Å². The zero-order valence-electron chi connectivity index (χ0n) is 13.2. The average Bonchev–Trinajstić information content (AvgIpc) is 2.52. The number of hydrogen-bond acceptors (Lipinski definition) is 4. The molecular formula is C18H19NO3S. The molecule has 0 aliphatic carbocycles. The van der Waals surface area contributed by atoms with Gasteiger partial charge in [0.1, 0.15) is 0 Å². The van der Waals surface area contributed by atoms with Crippen molar-refractivity contribution in [3.8, 4) is 0 Å².